The fourth-order valence-corrected chi connectivity index (χ4v) is 5.79. The molecule has 208 valence electrons. The van der Waals surface area contributed by atoms with E-state index in [0.29, 0.717) is 11.3 Å². The molecular weight excluding hydrogens is 549 g/mol. The number of allylic oxidation sites excluding steroid dienone is 1. The van der Waals surface area contributed by atoms with Crippen molar-refractivity contribution in [3.8, 4) is 18.4 Å². The molecule has 13 heteroatoms. The molecule has 1 atom stereocenters. The van der Waals surface area contributed by atoms with E-state index in [4.69, 9.17) is 6.42 Å². The van der Waals surface area contributed by atoms with Gasteiger partial charge in [-0.05, 0) is 43.2 Å². The van der Waals surface area contributed by atoms with Crippen LogP contribution in [0, 0.1) is 23.7 Å². The van der Waals surface area contributed by atoms with E-state index >= 15 is 0 Å². The topological polar surface area (TPSA) is 134 Å². The number of nitriles is 1. The Morgan fingerprint density at radius 1 is 1.20 bits per heavy atom. The summed E-state index contributed by atoms with van der Waals surface area (Å²) in [5, 5.41) is 11.7. The number of rotatable bonds is 4. The van der Waals surface area contributed by atoms with Crippen LogP contribution in [-0.2, 0) is 11.0 Å². The molecule has 0 spiro atoms. The van der Waals surface area contributed by atoms with Gasteiger partial charge in [0, 0.05) is 29.5 Å². The van der Waals surface area contributed by atoms with Gasteiger partial charge in [0.05, 0.1) is 34.3 Å². The van der Waals surface area contributed by atoms with Crippen molar-refractivity contribution >= 4 is 34.1 Å². The Hall–Kier alpha value is -4.30. The summed E-state index contributed by atoms with van der Waals surface area (Å²) in [5.41, 5.74) is -1.17. The summed E-state index contributed by atoms with van der Waals surface area (Å²) >= 11 is 0. The van der Waals surface area contributed by atoms with Crippen LogP contribution in [0.3, 0.4) is 0 Å². The van der Waals surface area contributed by atoms with Crippen molar-refractivity contribution in [1.82, 2.24) is 10.2 Å². The Morgan fingerprint density at radius 2 is 1.93 bits per heavy atom. The molecule has 40 heavy (non-hydrogen) atoms. The molecule has 0 radical (unpaired) electrons. The number of Topliss-reactive ketones (excluding diaryl/α,β-unsaturated/α-hetero) is 1. The summed E-state index contributed by atoms with van der Waals surface area (Å²) < 4.78 is 61.9. The van der Waals surface area contributed by atoms with Gasteiger partial charge in [0.25, 0.3) is 0 Å². The number of carbonyl (C=O) groups excluding carboxylic acids is 3. The highest BCUT2D eigenvalue weighted by molar-refractivity contribution is 8.23. The maximum absolute atomic E-state index is 14.1. The zero-order valence-corrected chi connectivity index (χ0v) is 21.8. The maximum Gasteiger partial charge on any atom is 0.416 e. The second-order valence-electron chi connectivity index (χ2n) is 9.14. The molecular formula is C27H23F3N4O5S. The minimum atomic E-state index is -4.73. The van der Waals surface area contributed by atoms with Gasteiger partial charge in [-0.1, -0.05) is 18.1 Å². The number of amides is 4. The van der Waals surface area contributed by atoms with Crippen molar-refractivity contribution in [1.29, 1.82) is 5.26 Å². The Morgan fingerprint density at radius 3 is 2.55 bits per heavy atom. The predicted octanol–water partition coefficient (Wildman–Crippen LogP) is 5.65. The molecule has 2 aliphatic rings. The average Bonchev–Trinajstić information content (AvgIpc) is 2.90. The Bertz CT molecular complexity index is 1520. The standard InChI is InChI=1S/C27H23F3N4O5S/c1-3-12-32-25(36)34-24(19-11-10-16(15-31)13-22(19)40(2,38)39)23-20(8-5-9-21(23)35)33(26(34)37)18-7-4-6-17(14-18)27(28,29)30/h1,4,6-7,10-11,13-14,24,38-39H,5,8-9,12H2,2H3,(H,32,36)/t24-/m1/s1. The lowest BCUT2D eigenvalue weighted by molar-refractivity contribution is -0.137. The molecule has 4 amide bonds. The number of nitrogens with one attached hydrogen (secondary N) is 1. The number of nitrogens with zero attached hydrogens (tertiary/aromatic N) is 3. The van der Waals surface area contributed by atoms with Crippen LogP contribution < -0.4 is 10.2 Å². The van der Waals surface area contributed by atoms with Crippen molar-refractivity contribution < 1.29 is 36.7 Å². The van der Waals surface area contributed by atoms with E-state index in [1.165, 1.54) is 24.3 Å². The summed E-state index contributed by atoms with van der Waals surface area (Å²) in [7, 11) is -3.57. The van der Waals surface area contributed by atoms with Gasteiger partial charge in [0.2, 0.25) is 0 Å². The van der Waals surface area contributed by atoms with Crippen molar-refractivity contribution in [3.63, 3.8) is 0 Å². The molecule has 3 N–H and O–H groups in total. The first-order valence-electron chi connectivity index (χ1n) is 11.8. The number of imide groups is 1. The van der Waals surface area contributed by atoms with Crippen LogP contribution in [-0.4, -0.2) is 44.7 Å². The maximum atomic E-state index is 14.1. The van der Waals surface area contributed by atoms with Crippen molar-refractivity contribution in [2.24, 2.45) is 0 Å². The number of carbonyl (C=O) groups is 3. The third-order valence-corrected chi connectivity index (χ3v) is 7.66. The smallest absolute Gasteiger partial charge is 0.327 e. The fraction of sp³-hybridized carbons (Fsp3) is 0.259. The lowest BCUT2D eigenvalue weighted by Crippen LogP contribution is -2.57. The fourth-order valence-electron chi connectivity index (χ4n) is 4.81. The molecule has 1 heterocycles. The third kappa shape index (κ3) is 5.27. The Balaban J connectivity index is 2.05. The van der Waals surface area contributed by atoms with Crippen LogP contribution in [0.15, 0.2) is 58.6 Å². The molecule has 0 bridgehead atoms. The first-order chi connectivity index (χ1) is 18.8. The van der Waals surface area contributed by atoms with Crippen molar-refractivity contribution in [3.05, 3.63) is 70.4 Å². The van der Waals surface area contributed by atoms with Gasteiger partial charge >= 0.3 is 18.2 Å². The summed E-state index contributed by atoms with van der Waals surface area (Å²) in [6, 6.07) is 6.05. The quantitative estimate of drug-likeness (QED) is 0.406. The molecule has 2 aromatic carbocycles. The third-order valence-electron chi connectivity index (χ3n) is 6.47. The average molecular weight is 573 g/mol. The normalized spacial score (nSPS) is 18.1. The molecule has 0 aromatic heterocycles. The number of ketones is 1. The minimum Gasteiger partial charge on any atom is -0.327 e. The van der Waals surface area contributed by atoms with Crippen LogP contribution in [0.4, 0.5) is 28.4 Å². The zero-order valence-electron chi connectivity index (χ0n) is 21.0. The number of hydrogen-bond acceptors (Lipinski definition) is 6. The molecule has 9 nitrogen and oxygen atoms in total. The molecule has 0 fully saturated rings. The first-order valence-corrected chi connectivity index (χ1v) is 13.8. The molecule has 0 unspecified atom stereocenters. The van der Waals surface area contributed by atoms with E-state index in [-0.39, 0.29) is 52.4 Å². The first kappa shape index (κ1) is 28.7. The zero-order chi connectivity index (χ0) is 29.4. The molecule has 4 rings (SSSR count). The van der Waals surface area contributed by atoms with E-state index in [2.05, 4.69) is 11.2 Å². The predicted molar refractivity (Wildman–Crippen MR) is 140 cm³/mol. The summed E-state index contributed by atoms with van der Waals surface area (Å²) in [4.78, 5) is 42.3. The SMILES string of the molecule is C#CCNC(=O)N1C(=O)N(c2cccc(C(F)(F)F)c2)C2=C(C(=O)CCC2)[C@H]1c1ccc(C#N)cc1S(C)(O)O. The number of halogens is 3. The number of terminal acetylenes is 1. The molecule has 0 saturated carbocycles. The largest absolute Gasteiger partial charge is 0.416 e. The lowest BCUT2D eigenvalue weighted by atomic mass is 9.83. The van der Waals surface area contributed by atoms with E-state index in [9.17, 15) is 41.9 Å². The van der Waals surface area contributed by atoms with Crippen LogP contribution in [0.5, 0.6) is 0 Å². The molecule has 1 aliphatic carbocycles. The molecule has 2 aromatic rings. The highest BCUT2D eigenvalue weighted by Gasteiger charge is 2.48. The number of hydrogen-bond donors (Lipinski definition) is 3. The lowest BCUT2D eigenvalue weighted by Gasteiger charge is -2.45. The van der Waals surface area contributed by atoms with Crippen molar-refractivity contribution in [2.75, 3.05) is 17.7 Å². The molecule has 1 aliphatic heterocycles. The highest BCUT2D eigenvalue weighted by atomic mass is 32.3. The van der Waals surface area contributed by atoms with Crippen LogP contribution in [0.2, 0.25) is 0 Å². The van der Waals surface area contributed by atoms with Gasteiger partial charge in [-0.15, -0.1) is 6.42 Å². The van der Waals surface area contributed by atoms with Gasteiger partial charge in [0.1, 0.15) is 6.04 Å². The number of benzene rings is 2. The van der Waals surface area contributed by atoms with Gasteiger partial charge in [-0.2, -0.15) is 29.0 Å². The Kier molecular flexibility index (Phi) is 7.67. The number of alkyl halides is 3. The second-order valence-corrected chi connectivity index (χ2v) is 11.2. The van der Waals surface area contributed by atoms with Crippen LogP contribution in [0.1, 0.15) is 42.0 Å². The van der Waals surface area contributed by atoms with E-state index in [0.717, 1.165) is 29.4 Å². The summed E-state index contributed by atoms with van der Waals surface area (Å²) in [5.74, 6) is 1.71. The summed E-state index contributed by atoms with van der Waals surface area (Å²) in [6.07, 6.45) is 2.06. The number of urea groups is 2. The van der Waals surface area contributed by atoms with Crippen molar-refractivity contribution in [2.45, 2.75) is 36.4 Å². The highest BCUT2D eigenvalue weighted by Crippen LogP contribution is 2.52. The monoisotopic (exact) mass is 572 g/mol. The minimum absolute atomic E-state index is 0.00264. The number of anilines is 1. The van der Waals surface area contributed by atoms with Crippen LogP contribution in [0.25, 0.3) is 0 Å². The van der Waals surface area contributed by atoms with Gasteiger partial charge in [0.15, 0.2) is 5.78 Å². The van der Waals surface area contributed by atoms with E-state index in [1.807, 2.05) is 6.07 Å². The van der Waals surface area contributed by atoms with Crippen LogP contribution >= 0.6 is 10.6 Å². The Labute approximate surface area is 229 Å². The van der Waals surface area contributed by atoms with E-state index in [1.54, 1.807) is 0 Å². The second kappa shape index (κ2) is 10.7. The van der Waals surface area contributed by atoms with Gasteiger partial charge in [-0.25, -0.2) is 14.5 Å². The summed E-state index contributed by atoms with van der Waals surface area (Å²) in [6.45, 7) is -0.318. The van der Waals surface area contributed by atoms with E-state index < -0.39 is 46.2 Å². The molecule has 0 saturated heterocycles. The van der Waals surface area contributed by atoms with Gasteiger partial charge in [-0.3, -0.25) is 18.8 Å². The van der Waals surface area contributed by atoms with Gasteiger partial charge < -0.3 is 5.32 Å².